The highest BCUT2D eigenvalue weighted by Crippen LogP contribution is 2.39. The van der Waals surface area contributed by atoms with E-state index in [9.17, 15) is 19.5 Å². The van der Waals surface area contributed by atoms with Gasteiger partial charge in [0.2, 0.25) is 5.91 Å². The molecule has 0 saturated carbocycles. The van der Waals surface area contributed by atoms with Crippen LogP contribution in [0.2, 0.25) is 0 Å². The maximum atomic E-state index is 13.0. The number of benzene rings is 2. The lowest BCUT2D eigenvalue weighted by Crippen LogP contribution is -2.45. The Kier molecular flexibility index (Phi) is 11.9. The number of carbonyl (C=O) groups excluding carboxylic acids is 2. The average molecular weight is 611 g/mol. The number of carboxylic acids is 1. The molecule has 0 bridgehead atoms. The number of ether oxygens (including phenoxy) is 3. The Hall–Kier alpha value is -3.31. The Bertz CT molecular complexity index is 1240. The van der Waals surface area contributed by atoms with Crippen LogP contribution in [-0.2, 0) is 41.7 Å². The number of nitrogens with zero attached hydrogens (tertiary/aromatic N) is 1. The number of aliphatic hydroxyl groups excluding tert-OH is 1. The minimum absolute atomic E-state index is 0.0291. The van der Waals surface area contributed by atoms with Gasteiger partial charge in [-0.05, 0) is 69.7 Å². The van der Waals surface area contributed by atoms with Gasteiger partial charge in [-0.2, -0.15) is 0 Å². The lowest BCUT2D eigenvalue weighted by Gasteiger charge is -2.38. The van der Waals surface area contributed by atoms with Crippen LogP contribution in [0.25, 0.3) is 0 Å². The lowest BCUT2D eigenvalue weighted by atomic mass is 9.99. The van der Waals surface area contributed by atoms with Crippen molar-refractivity contribution in [3.05, 3.63) is 70.8 Å². The summed E-state index contributed by atoms with van der Waals surface area (Å²) in [4.78, 5) is 37.9. The van der Waals surface area contributed by atoms with Crippen molar-refractivity contribution >= 4 is 17.8 Å². The van der Waals surface area contributed by atoms with Crippen molar-refractivity contribution in [2.75, 3.05) is 13.1 Å². The van der Waals surface area contributed by atoms with Gasteiger partial charge in [-0.25, -0.2) is 0 Å². The smallest absolute Gasteiger partial charge is 0.323 e. The van der Waals surface area contributed by atoms with Crippen LogP contribution >= 0.6 is 0 Å². The van der Waals surface area contributed by atoms with Crippen molar-refractivity contribution in [1.29, 1.82) is 0 Å². The summed E-state index contributed by atoms with van der Waals surface area (Å²) in [7, 11) is 0. The monoisotopic (exact) mass is 610 g/mol. The summed E-state index contributed by atoms with van der Waals surface area (Å²) in [5.41, 5.74) is 3.05. The zero-order valence-electron chi connectivity index (χ0n) is 26.0. The first kappa shape index (κ1) is 33.6. The fraction of sp³-hybridized carbons (Fsp3) is 0.559. The third-order valence-electron chi connectivity index (χ3n) is 7.88. The molecule has 1 amide bonds. The number of carboxylic acid groups (broad SMARTS) is 1. The number of rotatable bonds is 13. The molecule has 2 aliphatic heterocycles. The molecule has 10 nitrogen and oxygen atoms in total. The molecule has 2 fully saturated rings. The van der Waals surface area contributed by atoms with Crippen LogP contribution in [0.3, 0.4) is 0 Å². The SMILES string of the molecule is CC(C)(C)OC(=O)[C@@H]1CCCN1C[C@@H]1C[C@H](c2ccc(CO)cc2)O[C@H](c2ccc(CNC(=O)CCCCC(=O)O)cc2)O1. The number of hydrogen-bond acceptors (Lipinski definition) is 8. The molecule has 0 aromatic heterocycles. The fourth-order valence-corrected chi connectivity index (χ4v) is 5.62. The van der Waals surface area contributed by atoms with Crippen molar-refractivity contribution in [3.63, 3.8) is 0 Å². The largest absolute Gasteiger partial charge is 0.481 e. The van der Waals surface area contributed by atoms with Gasteiger partial charge in [-0.15, -0.1) is 0 Å². The van der Waals surface area contributed by atoms with E-state index >= 15 is 0 Å². The third-order valence-corrected chi connectivity index (χ3v) is 7.88. The minimum atomic E-state index is -0.852. The Morgan fingerprint density at radius 2 is 1.61 bits per heavy atom. The summed E-state index contributed by atoms with van der Waals surface area (Å²) in [6, 6.07) is 15.2. The Labute approximate surface area is 259 Å². The van der Waals surface area contributed by atoms with Crippen molar-refractivity contribution in [1.82, 2.24) is 10.2 Å². The van der Waals surface area contributed by atoms with Gasteiger partial charge in [0, 0.05) is 37.9 Å². The first-order valence-electron chi connectivity index (χ1n) is 15.6. The molecule has 2 saturated heterocycles. The molecule has 3 N–H and O–H groups in total. The van der Waals surface area contributed by atoms with E-state index in [0.717, 1.165) is 41.6 Å². The molecule has 2 aliphatic rings. The quantitative estimate of drug-likeness (QED) is 0.216. The molecule has 240 valence electrons. The number of aliphatic carboxylic acids is 1. The second-order valence-corrected chi connectivity index (χ2v) is 12.7. The molecule has 2 aromatic carbocycles. The number of carbonyl (C=O) groups is 3. The maximum Gasteiger partial charge on any atom is 0.323 e. The number of esters is 1. The molecule has 4 atom stereocenters. The van der Waals surface area contributed by atoms with E-state index in [1.165, 1.54) is 0 Å². The molecule has 44 heavy (non-hydrogen) atoms. The van der Waals surface area contributed by atoms with Gasteiger partial charge in [-0.3, -0.25) is 19.3 Å². The topological polar surface area (TPSA) is 135 Å². The van der Waals surface area contributed by atoms with Gasteiger partial charge in [0.15, 0.2) is 6.29 Å². The first-order chi connectivity index (χ1) is 21.0. The number of amides is 1. The Morgan fingerprint density at radius 3 is 2.27 bits per heavy atom. The average Bonchev–Trinajstić information content (AvgIpc) is 3.46. The van der Waals surface area contributed by atoms with Crippen molar-refractivity contribution in [2.24, 2.45) is 0 Å². The normalized spacial score (nSPS) is 22.5. The van der Waals surface area contributed by atoms with Crippen molar-refractivity contribution in [2.45, 2.75) is 109 Å². The molecule has 0 radical (unpaired) electrons. The molecular formula is C34H46N2O8. The first-order valence-corrected chi connectivity index (χ1v) is 15.6. The van der Waals surface area contributed by atoms with E-state index in [0.29, 0.717) is 38.8 Å². The highest BCUT2D eigenvalue weighted by molar-refractivity contribution is 5.76. The van der Waals surface area contributed by atoms with Crippen LogP contribution < -0.4 is 5.32 Å². The van der Waals surface area contributed by atoms with E-state index in [2.05, 4.69) is 10.2 Å². The highest BCUT2D eigenvalue weighted by Gasteiger charge is 2.38. The van der Waals surface area contributed by atoms with E-state index in [1.807, 2.05) is 69.3 Å². The number of unbranched alkanes of at least 4 members (excludes halogenated alkanes) is 1. The second-order valence-electron chi connectivity index (χ2n) is 12.7. The van der Waals surface area contributed by atoms with Gasteiger partial charge in [0.05, 0.1) is 18.8 Å². The zero-order valence-corrected chi connectivity index (χ0v) is 26.0. The predicted octanol–water partition coefficient (Wildman–Crippen LogP) is 4.79. The van der Waals surface area contributed by atoms with Gasteiger partial charge < -0.3 is 29.7 Å². The second kappa shape index (κ2) is 15.6. The van der Waals surface area contributed by atoms with E-state index in [4.69, 9.17) is 19.3 Å². The van der Waals surface area contributed by atoms with E-state index in [-0.39, 0.29) is 43.2 Å². The van der Waals surface area contributed by atoms with Crippen LogP contribution in [0.15, 0.2) is 48.5 Å². The van der Waals surface area contributed by atoms with Gasteiger partial charge >= 0.3 is 11.9 Å². The summed E-state index contributed by atoms with van der Waals surface area (Å²) in [5, 5.41) is 21.1. The summed E-state index contributed by atoms with van der Waals surface area (Å²) in [6.45, 7) is 7.36. The highest BCUT2D eigenvalue weighted by atomic mass is 16.7. The fourth-order valence-electron chi connectivity index (χ4n) is 5.62. The summed E-state index contributed by atoms with van der Waals surface area (Å²) in [5.74, 6) is -1.16. The number of nitrogens with one attached hydrogen (secondary N) is 1. The minimum Gasteiger partial charge on any atom is -0.481 e. The third kappa shape index (κ3) is 10.1. The van der Waals surface area contributed by atoms with Crippen LogP contribution in [0.1, 0.15) is 100 Å². The zero-order chi connectivity index (χ0) is 31.7. The van der Waals surface area contributed by atoms with Crippen molar-refractivity contribution < 1.29 is 38.8 Å². The molecule has 2 heterocycles. The summed E-state index contributed by atoms with van der Waals surface area (Å²) >= 11 is 0. The van der Waals surface area contributed by atoms with Gasteiger partial charge in [-0.1, -0.05) is 48.5 Å². The summed E-state index contributed by atoms with van der Waals surface area (Å²) in [6.07, 6.45) is 2.60. The number of aliphatic hydroxyl groups is 1. The number of likely N-dealkylation sites (tertiary alicyclic amines) is 1. The van der Waals surface area contributed by atoms with E-state index in [1.54, 1.807) is 0 Å². The molecular weight excluding hydrogens is 564 g/mol. The van der Waals surface area contributed by atoms with Gasteiger partial charge in [0.1, 0.15) is 11.6 Å². The van der Waals surface area contributed by atoms with Crippen LogP contribution in [-0.4, -0.2) is 63.8 Å². The lowest BCUT2D eigenvalue weighted by molar-refractivity contribution is -0.253. The van der Waals surface area contributed by atoms with Crippen LogP contribution in [0, 0.1) is 0 Å². The number of hydrogen-bond donors (Lipinski definition) is 3. The van der Waals surface area contributed by atoms with Crippen LogP contribution in [0.4, 0.5) is 0 Å². The molecule has 2 aromatic rings. The van der Waals surface area contributed by atoms with Crippen molar-refractivity contribution in [3.8, 4) is 0 Å². The Morgan fingerprint density at radius 1 is 0.955 bits per heavy atom. The van der Waals surface area contributed by atoms with Gasteiger partial charge in [0.25, 0.3) is 0 Å². The summed E-state index contributed by atoms with van der Waals surface area (Å²) < 4.78 is 18.7. The molecule has 4 rings (SSSR count). The molecule has 10 heteroatoms. The molecule has 0 aliphatic carbocycles. The predicted molar refractivity (Wildman–Crippen MR) is 163 cm³/mol. The van der Waals surface area contributed by atoms with Crippen LogP contribution in [0.5, 0.6) is 0 Å². The van der Waals surface area contributed by atoms with E-state index < -0.39 is 17.9 Å². The molecule has 0 spiro atoms. The Balaban J connectivity index is 1.42. The maximum absolute atomic E-state index is 13.0. The molecule has 0 unspecified atom stereocenters. The standard InChI is InChI=1S/C34H46N2O8/c1-34(2,3)44-32(41)28-7-6-18-36(28)21-27-19-29(25-14-12-24(22-37)13-15-25)43-33(42-27)26-16-10-23(11-17-26)20-35-30(38)8-4-5-9-31(39)40/h10-17,27-29,33,37H,4-9,18-22H2,1-3H3,(H,35,38)(H,39,40)/t27-,28-,29+,33+/m0/s1.